The summed E-state index contributed by atoms with van der Waals surface area (Å²) < 4.78 is 4.95. The van der Waals surface area contributed by atoms with Gasteiger partial charge in [0.15, 0.2) is 0 Å². The fraction of sp³-hybridized carbons (Fsp3) is 0.500. The first kappa shape index (κ1) is 13.7. The van der Waals surface area contributed by atoms with Gasteiger partial charge in [-0.1, -0.05) is 17.7 Å². The van der Waals surface area contributed by atoms with Crippen LogP contribution in [0.2, 0.25) is 5.02 Å². The summed E-state index contributed by atoms with van der Waals surface area (Å²) in [7, 11) is 1.71. The van der Waals surface area contributed by atoms with Crippen molar-refractivity contribution in [2.45, 2.75) is 13.3 Å². The molecule has 0 aliphatic rings. The minimum atomic E-state index is 0.763. The zero-order chi connectivity index (χ0) is 11.8. The SMILES string of the molecule is COCCNCC/C=C(/C)c1sccc1Cl. The molecular weight excluding hydrogens is 242 g/mol. The van der Waals surface area contributed by atoms with Crippen molar-refractivity contribution in [3.8, 4) is 0 Å². The van der Waals surface area contributed by atoms with Gasteiger partial charge in [0.2, 0.25) is 0 Å². The number of thiophene rings is 1. The maximum Gasteiger partial charge on any atom is 0.0588 e. The molecule has 0 spiro atoms. The molecule has 0 atom stereocenters. The fourth-order valence-corrected chi connectivity index (χ4v) is 2.57. The quantitative estimate of drug-likeness (QED) is 0.758. The lowest BCUT2D eigenvalue weighted by Gasteiger charge is -2.02. The van der Waals surface area contributed by atoms with Gasteiger partial charge in [0.05, 0.1) is 11.6 Å². The number of hydrogen-bond acceptors (Lipinski definition) is 3. The second-order valence-electron chi connectivity index (χ2n) is 3.52. The molecule has 0 aliphatic heterocycles. The monoisotopic (exact) mass is 259 g/mol. The minimum Gasteiger partial charge on any atom is -0.383 e. The van der Waals surface area contributed by atoms with Crippen LogP contribution >= 0.6 is 22.9 Å². The zero-order valence-corrected chi connectivity index (χ0v) is 11.3. The molecule has 1 heterocycles. The molecular formula is C12H18ClNOS. The van der Waals surface area contributed by atoms with E-state index in [2.05, 4.69) is 18.3 Å². The van der Waals surface area contributed by atoms with Gasteiger partial charge in [-0.2, -0.15) is 0 Å². The Kier molecular flexibility index (Phi) is 6.73. The first-order valence-corrected chi connectivity index (χ1v) is 6.61. The minimum absolute atomic E-state index is 0.763. The molecule has 0 unspecified atom stereocenters. The number of halogens is 1. The van der Waals surface area contributed by atoms with E-state index < -0.39 is 0 Å². The van der Waals surface area contributed by atoms with Crippen LogP contribution in [-0.2, 0) is 4.74 Å². The molecule has 1 aromatic rings. The summed E-state index contributed by atoms with van der Waals surface area (Å²) >= 11 is 7.74. The summed E-state index contributed by atoms with van der Waals surface area (Å²) in [5.74, 6) is 0. The van der Waals surface area contributed by atoms with Crippen molar-refractivity contribution >= 4 is 28.5 Å². The van der Waals surface area contributed by atoms with Gasteiger partial charge in [0, 0.05) is 18.5 Å². The summed E-state index contributed by atoms with van der Waals surface area (Å²) in [6.45, 7) is 4.75. The average molecular weight is 260 g/mol. The number of nitrogens with one attached hydrogen (secondary N) is 1. The molecule has 1 N–H and O–H groups in total. The van der Waals surface area contributed by atoms with E-state index in [0.717, 1.165) is 31.1 Å². The van der Waals surface area contributed by atoms with Gasteiger partial charge >= 0.3 is 0 Å². The Hall–Kier alpha value is -0.350. The maximum absolute atomic E-state index is 6.05. The number of hydrogen-bond donors (Lipinski definition) is 1. The lowest BCUT2D eigenvalue weighted by Crippen LogP contribution is -2.19. The summed E-state index contributed by atoms with van der Waals surface area (Å²) in [6.07, 6.45) is 3.24. The van der Waals surface area contributed by atoms with Crippen molar-refractivity contribution in [1.82, 2.24) is 5.32 Å². The van der Waals surface area contributed by atoms with Gasteiger partial charge in [0.1, 0.15) is 0 Å². The molecule has 1 rings (SSSR count). The van der Waals surface area contributed by atoms with Crippen LogP contribution in [0.15, 0.2) is 17.5 Å². The van der Waals surface area contributed by atoms with Crippen LogP contribution in [-0.4, -0.2) is 26.8 Å². The molecule has 0 saturated carbocycles. The third-order valence-electron chi connectivity index (χ3n) is 2.23. The number of rotatable bonds is 7. The molecule has 0 amide bonds. The third kappa shape index (κ3) is 4.66. The fourth-order valence-electron chi connectivity index (χ4n) is 1.36. The molecule has 0 bridgehead atoms. The van der Waals surface area contributed by atoms with E-state index in [1.165, 1.54) is 10.5 Å². The Morgan fingerprint density at radius 1 is 1.56 bits per heavy atom. The normalized spacial score (nSPS) is 12.1. The first-order chi connectivity index (χ1) is 7.75. The molecule has 2 nitrogen and oxygen atoms in total. The van der Waals surface area contributed by atoms with Gasteiger partial charge in [0.25, 0.3) is 0 Å². The van der Waals surface area contributed by atoms with Gasteiger partial charge < -0.3 is 10.1 Å². The Bertz CT molecular complexity index is 336. The molecule has 90 valence electrons. The smallest absolute Gasteiger partial charge is 0.0588 e. The molecule has 0 saturated heterocycles. The largest absolute Gasteiger partial charge is 0.383 e. The Balaban J connectivity index is 2.27. The van der Waals surface area contributed by atoms with Crippen LogP contribution in [0.5, 0.6) is 0 Å². The van der Waals surface area contributed by atoms with Crippen LogP contribution in [0.4, 0.5) is 0 Å². The summed E-state index contributed by atoms with van der Waals surface area (Å²) in [5, 5.41) is 6.17. The van der Waals surface area contributed by atoms with E-state index in [0.29, 0.717) is 0 Å². The van der Waals surface area contributed by atoms with Crippen molar-refractivity contribution in [3.05, 3.63) is 27.4 Å². The second-order valence-corrected chi connectivity index (χ2v) is 4.84. The summed E-state index contributed by atoms with van der Waals surface area (Å²) in [5.41, 5.74) is 1.26. The van der Waals surface area contributed by atoms with Crippen LogP contribution in [0.3, 0.4) is 0 Å². The maximum atomic E-state index is 6.05. The van der Waals surface area contributed by atoms with E-state index in [9.17, 15) is 0 Å². The highest BCUT2D eigenvalue weighted by Crippen LogP contribution is 2.29. The highest BCUT2D eigenvalue weighted by atomic mass is 35.5. The van der Waals surface area contributed by atoms with E-state index in [1.54, 1.807) is 18.4 Å². The predicted molar refractivity (Wildman–Crippen MR) is 72.3 cm³/mol. The lowest BCUT2D eigenvalue weighted by molar-refractivity contribution is 0.199. The van der Waals surface area contributed by atoms with Crippen molar-refractivity contribution < 1.29 is 4.74 Å². The predicted octanol–water partition coefficient (Wildman–Crippen LogP) is 3.43. The summed E-state index contributed by atoms with van der Waals surface area (Å²) in [4.78, 5) is 1.18. The molecule has 0 fully saturated rings. The highest BCUT2D eigenvalue weighted by molar-refractivity contribution is 7.11. The number of allylic oxidation sites excluding steroid dienone is 1. The van der Waals surface area contributed by atoms with Crippen LogP contribution < -0.4 is 5.32 Å². The van der Waals surface area contributed by atoms with Crippen molar-refractivity contribution in [2.24, 2.45) is 0 Å². The van der Waals surface area contributed by atoms with Crippen LogP contribution in [0, 0.1) is 0 Å². The van der Waals surface area contributed by atoms with Crippen molar-refractivity contribution in [2.75, 3.05) is 26.8 Å². The van der Waals surface area contributed by atoms with Crippen molar-refractivity contribution in [3.63, 3.8) is 0 Å². The van der Waals surface area contributed by atoms with Crippen LogP contribution in [0.25, 0.3) is 5.57 Å². The van der Waals surface area contributed by atoms with Gasteiger partial charge in [-0.3, -0.25) is 0 Å². The average Bonchev–Trinajstić information content (AvgIpc) is 2.69. The molecule has 1 aromatic heterocycles. The van der Waals surface area contributed by atoms with E-state index in [1.807, 2.05) is 11.4 Å². The van der Waals surface area contributed by atoms with Crippen molar-refractivity contribution in [1.29, 1.82) is 0 Å². The number of ether oxygens (including phenoxy) is 1. The van der Waals surface area contributed by atoms with Crippen LogP contribution in [0.1, 0.15) is 18.2 Å². The molecule has 0 radical (unpaired) electrons. The Morgan fingerprint density at radius 3 is 3.00 bits per heavy atom. The topological polar surface area (TPSA) is 21.3 Å². The zero-order valence-electron chi connectivity index (χ0n) is 9.75. The van der Waals surface area contributed by atoms with E-state index in [-0.39, 0.29) is 0 Å². The van der Waals surface area contributed by atoms with Gasteiger partial charge in [-0.25, -0.2) is 0 Å². The number of methoxy groups -OCH3 is 1. The summed E-state index contributed by atoms with van der Waals surface area (Å²) in [6, 6.07) is 1.94. The second kappa shape index (κ2) is 7.85. The molecule has 16 heavy (non-hydrogen) atoms. The Morgan fingerprint density at radius 2 is 2.38 bits per heavy atom. The lowest BCUT2D eigenvalue weighted by atomic mass is 10.2. The first-order valence-electron chi connectivity index (χ1n) is 5.35. The molecule has 0 aliphatic carbocycles. The Labute approximate surface area is 106 Å². The molecule has 0 aromatic carbocycles. The standard InChI is InChI=1S/C12H18ClNOS/c1-10(12-11(13)5-9-16-12)4-3-6-14-7-8-15-2/h4-5,9,14H,3,6-8H2,1-2H3/b10-4-. The van der Waals surface area contributed by atoms with Gasteiger partial charge in [-0.05, 0) is 36.9 Å². The molecule has 4 heteroatoms. The highest BCUT2D eigenvalue weighted by Gasteiger charge is 2.02. The third-order valence-corrected chi connectivity index (χ3v) is 3.71. The van der Waals surface area contributed by atoms with E-state index >= 15 is 0 Å². The van der Waals surface area contributed by atoms with E-state index in [4.69, 9.17) is 16.3 Å². The van der Waals surface area contributed by atoms with Gasteiger partial charge in [-0.15, -0.1) is 11.3 Å².